The molecule has 3 heteroatoms. The van der Waals surface area contributed by atoms with E-state index in [-0.39, 0.29) is 11.0 Å². The number of carboxylic acid groups (broad SMARTS) is 1. The Bertz CT molecular complexity index is 785. The molecule has 0 aliphatic carbocycles. The van der Waals surface area contributed by atoms with Crippen molar-refractivity contribution >= 4 is 5.97 Å². The van der Waals surface area contributed by atoms with Gasteiger partial charge in [-0.1, -0.05) is 50.8 Å². The van der Waals surface area contributed by atoms with Crippen molar-refractivity contribution in [1.29, 1.82) is 0 Å². The highest BCUT2D eigenvalue weighted by Crippen LogP contribution is 2.34. The minimum atomic E-state index is -0.932. The lowest BCUT2D eigenvalue weighted by Gasteiger charge is -2.23. The highest BCUT2D eigenvalue weighted by Gasteiger charge is 2.20. The average molecular weight is 322 g/mol. The molecule has 24 heavy (non-hydrogen) atoms. The molecule has 0 atom stereocenters. The zero-order valence-corrected chi connectivity index (χ0v) is 14.5. The van der Waals surface area contributed by atoms with E-state index in [0.717, 1.165) is 22.4 Å². The van der Waals surface area contributed by atoms with E-state index in [1.807, 2.05) is 12.1 Å². The molecule has 0 aromatic heterocycles. The zero-order chi connectivity index (χ0) is 17.7. The van der Waals surface area contributed by atoms with Gasteiger partial charge >= 0.3 is 5.97 Å². The second kappa shape index (κ2) is 7.23. The lowest BCUT2D eigenvalue weighted by molar-refractivity contribution is 0.0697. The number of benzene rings is 2. The summed E-state index contributed by atoms with van der Waals surface area (Å²) in [5.41, 5.74) is 3.28. The number of carbonyl (C=O) groups is 1. The number of para-hydroxylation sites is 1. The van der Waals surface area contributed by atoms with Crippen molar-refractivity contribution in [2.75, 3.05) is 7.11 Å². The van der Waals surface area contributed by atoms with Crippen molar-refractivity contribution in [3.63, 3.8) is 0 Å². The molecule has 0 radical (unpaired) electrons. The number of hydrogen-bond donors (Lipinski definition) is 1. The Morgan fingerprint density at radius 3 is 2.33 bits per heavy atom. The van der Waals surface area contributed by atoms with Crippen LogP contribution in [0.1, 0.15) is 47.8 Å². The minimum absolute atomic E-state index is 0.00143. The fourth-order valence-electron chi connectivity index (χ4n) is 2.49. The first-order valence-electron chi connectivity index (χ1n) is 7.81. The van der Waals surface area contributed by atoms with Gasteiger partial charge in [0.15, 0.2) is 0 Å². The standard InChI is InChI=1S/C21H22O3/c1-21(2,3)18-10-6-9-16(19(18)24-4)8-5-7-15-11-13-17(14-12-15)20(22)23/h6,9-14H,8H2,1-4H3,(H,22,23). The monoisotopic (exact) mass is 322 g/mol. The SMILES string of the molecule is COc1c(CC#Cc2ccc(C(=O)O)cc2)cccc1C(C)(C)C. The molecule has 124 valence electrons. The predicted octanol–water partition coefficient (Wildman–Crippen LogP) is 4.29. The van der Waals surface area contributed by atoms with Crippen molar-refractivity contribution in [2.24, 2.45) is 0 Å². The van der Waals surface area contributed by atoms with Gasteiger partial charge in [0.1, 0.15) is 5.75 Å². The molecule has 0 saturated carbocycles. The number of aromatic carboxylic acids is 1. The van der Waals surface area contributed by atoms with Gasteiger partial charge in [0.2, 0.25) is 0 Å². The Kier molecular flexibility index (Phi) is 5.31. The molecule has 2 aromatic carbocycles. The molecule has 0 aliphatic heterocycles. The zero-order valence-electron chi connectivity index (χ0n) is 14.5. The maximum absolute atomic E-state index is 10.8. The van der Waals surface area contributed by atoms with Crippen LogP contribution in [0, 0.1) is 11.8 Å². The van der Waals surface area contributed by atoms with Crippen LogP contribution < -0.4 is 4.74 Å². The fourth-order valence-corrected chi connectivity index (χ4v) is 2.49. The van der Waals surface area contributed by atoms with E-state index in [0.29, 0.717) is 6.42 Å². The van der Waals surface area contributed by atoms with Gasteiger partial charge in [-0.3, -0.25) is 0 Å². The Morgan fingerprint density at radius 1 is 1.12 bits per heavy atom. The first-order valence-corrected chi connectivity index (χ1v) is 7.81. The molecule has 0 unspecified atom stereocenters. The molecule has 1 N–H and O–H groups in total. The van der Waals surface area contributed by atoms with Crippen LogP contribution in [0.3, 0.4) is 0 Å². The van der Waals surface area contributed by atoms with Gasteiger partial charge in [-0.25, -0.2) is 4.79 Å². The lowest BCUT2D eigenvalue weighted by Crippen LogP contribution is -2.13. The van der Waals surface area contributed by atoms with Crippen LogP contribution in [0.15, 0.2) is 42.5 Å². The first-order chi connectivity index (χ1) is 11.3. The van der Waals surface area contributed by atoms with Crippen LogP contribution in [0.4, 0.5) is 0 Å². The highest BCUT2D eigenvalue weighted by molar-refractivity contribution is 5.87. The van der Waals surface area contributed by atoms with E-state index in [2.05, 4.69) is 38.7 Å². The summed E-state index contributed by atoms with van der Waals surface area (Å²) in [4.78, 5) is 10.8. The molecule has 3 nitrogen and oxygen atoms in total. The summed E-state index contributed by atoms with van der Waals surface area (Å²) in [6.07, 6.45) is 0.577. The molecule has 2 rings (SSSR count). The van der Waals surface area contributed by atoms with Crippen molar-refractivity contribution < 1.29 is 14.6 Å². The van der Waals surface area contributed by atoms with E-state index < -0.39 is 5.97 Å². The summed E-state index contributed by atoms with van der Waals surface area (Å²) >= 11 is 0. The topological polar surface area (TPSA) is 46.5 Å². The van der Waals surface area contributed by atoms with Gasteiger partial charge in [0.25, 0.3) is 0 Å². The molecule has 0 amide bonds. The van der Waals surface area contributed by atoms with Gasteiger partial charge in [0, 0.05) is 17.5 Å². The number of carboxylic acids is 1. The molecule has 0 aliphatic rings. The molecule has 2 aromatic rings. The number of methoxy groups -OCH3 is 1. The molecular weight excluding hydrogens is 300 g/mol. The summed E-state index contributed by atoms with van der Waals surface area (Å²) in [5, 5.41) is 8.90. The third-order valence-electron chi connectivity index (χ3n) is 3.75. The summed E-state index contributed by atoms with van der Waals surface area (Å²) in [6.45, 7) is 6.47. The van der Waals surface area contributed by atoms with Crippen LogP contribution >= 0.6 is 0 Å². The van der Waals surface area contributed by atoms with E-state index >= 15 is 0 Å². The van der Waals surface area contributed by atoms with Crippen LogP contribution in [0.25, 0.3) is 0 Å². The Balaban J connectivity index is 2.23. The van der Waals surface area contributed by atoms with Crippen molar-refractivity contribution in [3.8, 4) is 17.6 Å². The van der Waals surface area contributed by atoms with E-state index in [4.69, 9.17) is 9.84 Å². The Hall–Kier alpha value is -2.73. The fraction of sp³-hybridized carbons (Fsp3) is 0.286. The van der Waals surface area contributed by atoms with Gasteiger partial charge in [-0.2, -0.15) is 0 Å². The normalized spacial score (nSPS) is 10.7. The summed E-state index contributed by atoms with van der Waals surface area (Å²) < 4.78 is 5.61. The maximum Gasteiger partial charge on any atom is 0.335 e. The van der Waals surface area contributed by atoms with Crippen LogP contribution in [-0.4, -0.2) is 18.2 Å². The van der Waals surface area contributed by atoms with Crippen LogP contribution in [-0.2, 0) is 11.8 Å². The van der Waals surface area contributed by atoms with Crippen molar-refractivity contribution in [3.05, 3.63) is 64.7 Å². The summed E-state index contributed by atoms with van der Waals surface area (Å²) in [6, 6.07) is 12.7. The van der Waals surface area contributed by atoms with Gasteiger partial charge < -0.3 is 9.84 Å². The first kappa shape index (κ1) is 17.6. The number of ether oxygens (including phenoxy) is 1. The highest BCUT2D eigenvalue weighted by atomic mass is 16.5. The third kappa shape index (κ3) is 4.17. The summed E-state index contributed by atoms with van der Waals surface area (Å²) in [5.74, 6) is 6.17. The Morgan fingerprint density at radius 2 is 1.79 bits per heavy atom. The molecule has 0 fully saturated rings. The Labute approximate surface area is 143 Å². The van der Waals surface area contributed by atoms with Crippen molar-refractivity contribution in [1.82, 2.24) is 0 Å². The van der Waals surface area contributed by atoms with Gasteiger partial charge in [-0.05, 0) is 35.2 Å². The molecule has 0 saturated heterocycles. The average Bonchev–Trinajstić information content (AvgIpc) is 2.54. The quantitative estimate of drug-likeness (QED) is 0.858. The van der Waals surface area contributed by atoms with Crippen molar-refractivity contribution in [2.45, 2.75) is 32.6 Å². The molecule has 0 heterocycles. The van der Waals surface area contributed by atoms with Gasteiger partial charge in [0.05, 0.1) is 12.7 Å². The predicted molar refractivity (Wildman–Crippen MR) is 95.7 cm³/mol. The smallest absolute Gasteiger partial charge is 0.335 e. The second-order valence-corrected chi connectivity index (χ2v) is 6.61. The van der Waals surface area contributed by atoms with Gasteiger partial charge in [-0.15, -0.1) is 0 Å². The molecule has 0 spiro atoms. The lowest BCUT2D eigenvalue weighted by atomic mass is 9.85. The number of rotatable bonds is 3. The van der Waals surface area contributed by atoms with Crippen LogP contribution in [0.2, 0.25) is 0 Å². The second-order valence-electron chi connectivity index (χ2n) is 6.61. The molecule has 0 bridgehead atoms. The van der Waals surface area contributed by atoms with E-state index in [1.54, 1.807) is 31.4 Å². The molecular formula is C21H22O3. The van der Waals surface area contributed by atoms with E-state index in [1.165, 1.54) is 0 Å². The minimum Gasteiger partial charge on any atom is -0.496 e. The maximum atomic E-state index is 10.8. The van der Waals surface area contributed by atoms with Crippen LogP contribution in [0.5, 0.6) is 5.75 Å². The largest absolute Gasteiger partial charge is 0.496 e. The third-order valence-corrected chi connectivity index (χ3v) is 3.75. The van der Waals surface area contributed by atoms with E-state index in [9.17, 15) is 4.79 Å². The summed E-state index contributed by atoms with van der Waals surface area (Å²) in [7, 11) is 1.69. The number of hydrogen-bond acceptors (Lipinski definition) is 2.